The number of hydroxylamine groups is 2. The quantitative estimate of drug-likeness (QED) is 0.793. The van der Waals surface area contributed by atoms with Gasteiger partial charge in [-0.3, -0.25) is 9.63 Å². The predicted molar refractivity (Wildman–Crippen MR) is 80.3 cm³/mol. The number of amides is 1. The molecule has 0 fully saturated rings. The third-order valence-electron chi connectivity index (χ3n) is 3.23. The Morgan fingerprint density at radius 1 is 1.18 bits per heavy atom. The second kappa shape index (κ2) is 7.02. The van der Waals surface area contributed by atoms with Crippen molar-refractivity contribution in [3.63, 3.8) is 0 Å². The van der Waals surface area contributed by atoms with Gasteiger partial charge in [0.2, 0.25) is 0 Å². The van der Waals surface area contributed by atoms with Crippen LogP contribution in [0.5, 0.6) is 0 Å². The van der Waals surface area contributed by atoms with E-state index in [2.05, 4.69) is 0 Å². The number of carboxylic acid groups (broad SMARTS) is 1. The van der Waals surface area contributed by atoms with Gasteiger partial charge >= 0.3 is 5.97 Å². The molecule has 1 amide bonds. The molecule has 0 saturated carbocycles. The van der Waals surface area contributed by atoms with E-state index in [1.165, 1.54) is 0 Å². The lowest BCUT2D eigenvalue weighted by Gasteiger charge is -2.26. The highest BCUT2D eigenvalue weighted by molar-refractivity contribution is 6.07. The first kappa shape index (κ1) is 15.9. The van der Waals surface area contributed by atoms with Gasteiger partial charge in [0, 0.05) is 5.56 Å². The molecule has 0 aliphatic rings. The minimum Gasteiger partial charge on any atom is -0.480 e. The molecule has 116 valence electrons. The molecule has 0 aromatic heterocycles. The molecule has 0 aliphatic heterocycles. The van der Waals surface area contributed by atoms with Crippen LogP contribution in [0.2, 0.25) is 0 Å². The number of carbonyl (C=O) groups excluding carboxylic acids is 1. The lowest BCUT2D eigenvalue weighted by molar-refractivity contribution is -0.178. The number of carbonyl (C=O) groups is 2. The molecule has 22 heavy (non-hydrogen) atoms. The minimum absolute atomic E-state index is 0.111. The summed E-state index contributed by atoms with van der Waals surface area (Å²) in [4.78, 5) is 29.1. The molecule has 0 bridgehead atoms. The van der Waals surface area contributed by atoms with E-state index in [0.717, 1.165) is 10.4 Å². The SMILES string of the molecule is CCON(C(=O)c1cccc2ccccc12)C(CO)C(=O)O. The first-order chi connectivity index (χ1) is 10.6. The maximum atomic E-state index is 12.7. The van der Waals surface area contributed by atoms with Gasteiger partial charge in [-0.25, -0.2) is 9.86 Å². The summed E-state index contributed by atoms with van der Waals surface area (Å²) < 4.78 is 0. The zero-order valence-electron chi connectivity index (χ0n) is 12.1. The van der Waals surface area contributed by atoms with Crippen LogP contribution in [0.25, 0.3) is 10.8 Å². The number of aliphatic carboxylic acids is 1. The lowest BCUT2D eigenvalue weighted by atomic mass is 10.0. The number of aliphatic hydroxyl groups excluding tert-OH is 1. The third-order valence-corrected chi connectivity index (χ3v) is 3.23. The van der Waals surface area contributed by atoms with E-state index in [9.17, 15) is 14.7 Å². The minimum atomic E-state index is -1.45. The van der Waals surface area contributed by atoms with Gasteiger partial charge in [-0.05, 0) is 23.8 Å². The van der Waals surface area contributed by atoms with Gasteiger partial charge in [-0.2, -0.15) is 0 Å². The van der Waals surface area contributed by atoms with E-state index < -0.39 is 24.5 Å². The van der Waals surface area contributed by atoms with Crippen molar-refractivity contribution in [3.05, 3.63) is 48.0 Å². The van der Waals surface area contributed by atoms with Crippen molar-refractivity contribution >= 4 is 22.6 Å². The van der Waals surface area contributed by atoms with E-state index in [1.807, 2.05) is 18.2 Å². The van der Waals surface area contributed by atoms with E-state index >= 15 is 0 Å². The number of fused-ring (bicyclic) bond motifs is 1. The average Bonchev–Trinajstić information content (AvgIpc) is 2.53. The molecule has 1 unspecified atom stereocenters. The van der Waals surface area contributed by atoms with E-state index in [-0.39, 0.29) is 6.61 Å². The van der Waals surface area contributed by atoms with Crippen molar-refractivity contribution < 1.29 is 24.6 Å². The summed E-state index contributed by atoms with van der Waals surface area (Å²) in [5, 5.41) is 20.7. The largest absolute Gasteiger partial charge is 0.480 e. The van der Waals surface area contributed by atoms with Crippen molar-refractivity contribution in [2.45, 2.75) is 13.0 Å². The zero-order chi connectivity index (χ0) is 16.1. The predicted octanol–water partition coefficient (Wildman–Crippen LogP) is 1.68. The van der Waals surface area contributed by atoms with E-state index in [4.69, 9.17) is 9.94 Å². The van der Waals surface area contributed by atoms with Gasteiger partial charge in [0.15, 0.2) is 6.04 Å². The van der Waals surface area contributed by atoms with Gasteiger partial charge in [0.25, 0.3) is 5.91 Å². The Hall–Kier alpha value is -2.44. The van der Waals surface area contributed by atoms with Crippen LogP contribution in [0, 0.1) is 0 Å². The number of benzene rings is 2. The summed E-state index contributed by atoms with van der Waals surface area (Å²) in [5.41, 5.74) is 0.325. The lowest BCUT2D eigenvalue weighted by Crippen LogP contribution is -2.47. The molecular weight excluding hydrogens is 286 g/mol. The summed E-state index contributed by atoms with van der Waals surface area (Å²) in [6.07, 6.45) is 0. The van der Waals surface area contributed by atoms with Crippen molar-refractivity contribution in [1.29, 1.82) is 0 Å². The molecule has 2 N–H and O–H groups in total. The summed E-state index contributed by atoms with van der Waals surface area (Å²) >= 11 is 0. The fraction of sp³-hybridized carbons (Fsp3) is 0.250. The third kappa shape index (κ3) is 3.08. The highest BCUT2D eigenvalue weighted by atomic mass is 16.7. The number of aliphatic hydroxyl groups is 1. The molecule has 0 spiro atoms. The van der Waals surface area contributed by atoms with E-state index in [1.54, 1.807) is 31.2 Å². The van der Waals surface area contributed by atoms with Crippen molar-refractivity contribution in [3.8, 4) is 0 Å². The topological polar surface area (TPSA) is 87.1 Å². The Balaban J connectivity index is 2.47. The maximum absolute atomic E-state index is 12.7. The number of rotatable bonds is 6. The Morgan fingerprint density at radius 2 is 1.86 bits per heavy atom. The molecule has 0 saturated heterocycles. The van der Waals surface area contributed by atoms with Crippen LogP contribution in [0.4, 0.5) is 0 Å². The number of carboxylic acids is 1. The summed E-state index contributed by atoms with van der Waals surface area (Å²) in [5.74, 6) is -1.93. The molecule has 2 rings (SSSR count). The molecule has 0 heterocycles. The molecule has 0 aliphatic carbocycles. The number of hydrogen-bond acceptors (Lipinski definition) is 4. The molecule has 2 aromatic carbocycles. The van der Waals surface area contributed by atoms with Crippen LogP contribution in [-0.4, -0.2) is 46.4 Å². The highest BCUT2D eigenvalue weighted by Crippen LogP contribution is 2.21. The van der Waals surface area contributed by atoms with Gasteiger partial charge in [-0.1, -0.05) is 36.4 Å². The smallest absolute Gasteiger partial charge is 0.331 e. The summed E-state index contributed by atoms with van der Waals surface area (Å²) in [6.45, 7) is 1.02. The Bertz CT molecular complexity index is 680. The van der Waals surface area contributed by atoms with Crippen molar-refractivity contribution in [1.82, 2.24) is 5.06 Å². The average molecular weight is 303 g/mol. The van der Waals surface area contributed by atoms with Crippen molar-refractivity contribution in [2.24, 2.45) is 0 Å². The Morgan fingerprint density at radius 3 is 2.50 bits per heavy atom. The fourth-order valence-electron chi connectivity index (χ4n) is 2.21. The molecule has 1 atom stereocenters. The maximum Gasteiger partial charge on any atom is 0.331 e. The van der Waals surface area contributed by atoms with E-state index in [0.29, 0.717) is 10.9 Å². The van der Waals surface area contributed by atoms with Crippen LogP contribution in [0.3, 0.4) is 0 Å². The highest BCUT2D eigenvalue weighted by Gasteiger charge is 2.31. The van der Waals surface area contributed by atoms with Crippen LogP contribution in [-0.2, 0) is 9.63 Å². The van der Waals surface area contributed by atoms with Gasteiger partial charge in [0.05, 0.1) is 13.2 Å². The molecule has 2 aromatic rings. The second-order valence-corrected chi connectivity index (χ2v) is 4.61. The van der Waals surface area contributed by atoms with Gasteiger partial charge < -0.3 is 10.2 Å². The van der Waals surface area contributed by atoms with Crippen LogP contribution >= 0.6 is 0 Å². The fourth-order valence-corrected chi connectivity index (χ4v) is 2.21. The Kier molecular flexibility index (Phi) is 5.08. The molecule has 6 heteroatoms. The Labute approximate surface area is 127 Å². The van der Waals surface area contributed by atoms with Gasteiger partial charge in [-0.15, -0.1) is 0 Å². The van der Waals surface area contributed by atoms with Crippen LogP contribution < -0.4 is 0 Å². The first-order valence-electron chi connectivity index (χ1n) is 6.88. The normalized spacial score (nSPS) is 12.1. The standard InChI is InChI=1S/C16H17NO5/c1-2-22-17(14(10-18)16(20)21)15(19)13-9-5-7-11-6-3-4-8-12(11)13/h3-9,14,18H,2,10H2,1H3,(H,20,21). The van der Waals surface area contributed by atoms with Crippen molar-refractivity contribution in [2.75, 3.05) is 13.2 Å². The molecule has 0 radical (unpaired) electrons. The van der Waals surface area contributed by atoms with Gasteiger partial charge in [0.1, 0.15) is 0 Å². The van der Waals surface area contributed by atoms with Crippen LogP contribution in [0.1, 0.15) is 17.3 Å². The zero-order valence-corrected chi connectivity index (χ0v) is 12.1. The monoisotopic (exact) mass is 303 g/mol. The summed E-state index contributed by atoms with van der Waals surface area (Å²) in [7, 11) is 0. The number of nitrogens with zero attached hydrogens (tertiary/aromatic N) is 1. The molecule has 6 nitrogen and oxygen atoms in total. The first-order valence-corrected chi connectivity index (χ1v) is 6.88. The summed E-state index contributed by atoms with van der Waals surface area (Å²) in [6, 6.07) is 11.0. The number of hydrogen-bond donors (Lipinski definition) is 2. The van der Waals surface area contributed by atoms with Crippen LogP contribution in [0.15, 0.2) is 42.5 Å². The molecular formula is C16H17NO5. The second-order valence-electron chi connectivity index (χ2n) is 4.61.